The zero-order valence-electron chi connectivity index (χ0n) is 14.6. The van der Waals surface area contributed by atoms with Crippen LogP contribution in [0.4, 0.5) is 0 Å². The minimum absolute atomic E-state index is 0.0251. The van der Waals surface area contributed by atoms with E-state index in [-0.39, 0.29) is 5.91 Å². The van der Waals surface area contributed by atoms with Crippen LogP contribution in [0.2, 0.25) is 0 Å². The molecule has 0 radical (unpaired) electrons. The Morgan fingerprint density at radius 3 is 2.62 bits per heavy atom. The number of ether oxygens (including phenoxy) is 2. The lowest BCUT2D eigenvalue weighted by Gasteiger charge is -2.15. The molecule has 0 aliphatic carbocycles. The van der Waals surface area contributed by atoms with Crippen LogP contribution in [0.15, 0.2) is 58.7 Å². The van der Waals surface area contributed by atoms with Crippen LogP contribution in [0.5, 0.6) is 11.5 Å². The van der Waals surface area contributed by atoms with Crippen LogP contribution in [0.25, 0.3) is 0 Å². The van der Waals surface area contributed by atoms with Crippen molar-refractivity contribution < 1.29 is 14.3 Å². The molecule has 7 heteroatoms. The number of thioether (sulfide) groups is 1. The van der Waals surface area contributed by atoms with Crippen molar-refractivity contribution in [1.29, 1.82) is 0 Å². The lowest BCUT2D eigenvalue weighted by atomic mass is 10.2. The number of hydrogen-bond donors (Lipinski definition) is 0. The minimum atomic E-state index is 0.0251. The van der Waals surface area contributed by atoms with E-state index in [0.717, 1.165) is 22.6 Å². The Balaban J connectivity index is 1.74. The smallest absolute Gasteiger partial charge is 0.239 e. The number of benzene rings is 2. The van der Waals surface area contributed by atoms with Crippen molar-refractivity contribution in [3.63, 3.8) is 0 Å². The Bertz CT molecular complexity index is 834. The van der Waals surface area contributed by atoms with E-state index < -0.39 is 0 Å². The van der Waals surface area contributed by atoms with Gasteiger partial charge in [0.25, 0.3) is 0 Å². The van der Waals surface area contributed by atoms with E-state index in [2.05, 4.69) is 10.2 Å². The van der Waals surface area contributed by atoms with E-state index in [1.165, 1.54) is 11.8 Å². The van der Waals surface area contributed by atoms with Gasteiger partial charge in [-0.25, -0.2) is 0 Å². The summed E-state index contributed by atoms with van der Waals surface area (Å²) in [5.41, 5.74) is 1.83. The van der Waals surface area contributed by atoms with Gasteiger partial charge in [-0.3, -0.25) is 9.69 Å². The molecule has 26 heavy (non-hydrogen) atoms. The fourth-order valence-electron chi connectivity index (χ4n) is 2.45. The molecule has 1 amide bonds. The van der Waals surface area contributed by atoms with E-state index in [9.17, 15) is 4.79 Å². The first kappa shape index (κ1) is 18.0. The first-order valence-electron chi connectivity index (χ1n) is 8.01. The van der Waals surface area contributed by atoms with Gasteiger partial charge in [0.05, 0.1) is 32.7 Å². The van der Waals surface area contributed by atoms with Gasteiger partial charge in [-0.15, -0.1) is 5.10 Å². The maximum atomic E-state index is 12.2. The van der Waals surface area contributed by atoms with Crippen molar-refractivity contribution >= 4 is 29.1 Å². The lowest BCUT2D eigenvalue weighted by Crippen LogP contribution is -2.28. The summed E-state index contributed by atoms with van der Waals surface area (Å²) in [6, 6.07) is 15.2. The number of methoxy groups -OCH3 is 2. The average Bonchev–Trinajstić information content (AvgIpc) is 3.02. The van der Waals surface area contributed by atoms with Crippen molar-refractivity contribution in [1.82, 2.24) is 4.90 Å². The second kappa shape index (κ2) is 8.53. The third-order valence-electron chi connectivity index (χ3n) is 3.84. The molecule has 0 atom stereocenters. The molecule has 0 unspecified atom stereocenters. The first-order valence-corrected chi connectivity index (χ1v) is 9.00. The Labute approximate surface area is 156 Å². The first-order chi connectivity index (χ1) is 12.7. The van der Waals surface area contributed by atoms with Crippen LogP contribution < -0.4 is 9.47 Å². The largest absolute Gasteiger partial charge is 0.497 e. The monoisotopic (exact) mass is 369 g/mol. The minimum Gasteiger partial charge on any atom is -0.497 e. The van der Waals surface area contributed by atoms with E-state index in [1.54, 1.807) is 25.3 Å². The summed E-state index contributed by atoms with van der Waals surface area (Å²) in [5, 5.41) is 8.96. The van der Waals surface area contributed by atoms with Crippen molar-refractivity contribution in [2.45, 2.75) is 6.54 Å². The van der Waals surface area contributed by atoms with Gasteiger partial charge in [-0.1, -0.05) is 36.0 Å². The molecule has 0 N–H and O–H groups in total. The van der Waals surface area contributed by atoms with Crippen LogP contribution in [-0.2, 0) is 11.3 Å². The molecule has 0 aromatic heterocycles. The highest BCUT2D eigenvalue weighted by molar-refractivity contribution is 8.15. The number of hydrogen-bond acceptors (Lipinski definition) is 6. The fourth-order valence-corrected chi connectivity index (χ4v) is 3.29. The zero-order valence-corrected chi connectivity index (χ0v) is 15.4. The normalized spacial score (nSPS) is 15.8. The molecule has 0 bridgehead atoms. The lowest BCUT2D eigenvalue weighted by molar-refractivity contribution is -0.124. The number of nitrogens with zero attached hydrogens (tertiary/aromatic N) is 3. The van der Waals surface area contributed by atoms with Gasteiger partial charge < -0.3 is 9.47 Å². The van der Waals surface area contributed by atoms with Crippen LogP contribution in [0.1, 0.15) is 11.1 Å². The van der Waals surface area contributed by atoms with Crippen molar-refractivity contribution in [2.75, 3.05) is 20.0 Å². The summed E-state index contributed by atoms with van der Waals surface area (Å²) in [4.78, 5) is 13.8. The van der Waals surface area contributed by atoms with E-state index in [0.29, 0.717) is 17.5 Å². The SMILES string of the molecule is COc1ccc(CN2C(=O)CS/C2=N\N=C/c2ccccc2OC)cc1. The quantitative estimate of drug-likeness (QED) is 0.580. The van der Waals surface area contributed by atoms with Gasteiger partial charge in [-0.2, -0.15) is 5.10 Å². The van der Waals surface area contributed by atoms with Gasteiger partial charge in [-0.05, 0) is 29.8 Å². The summed E-state index contributed by atoms with van der Waals surface area (Å²) < 4.78 is 10.4. The molecular weight excluding hydrogens is 350 g/mol. The van der Waals surface area contributed by atoms with Gasteiger partial charge in [0.15, 0.2) is 5.17 Å². The molecule has 6 nitrogen and oxygen atoms in total. The second-order valence-electron chi connectivity index (χ2n) is 5.49. The van der Waals surface area contributed by atoms with Gasteiger partial charge in [0.1, 0.15) is 11.5 Å². The number of amides is 1. The van der Waals surface area contributed by atoms with Crippen molar-refractivity contribution in [3.8, 4) is 11.5 Å². The number of carbonyl (C=O) groups excluding carboxylic acids is 1. The molecule has 1 fully saturated rings. The van der Waals surface area contributed by atoms with E-state index in [1.807, 2.05) is 48.5 Å². The Morgan fingerprint density at radius 2 is 1.88 bits per heavy atom. The summed E-state index contributed by atoms with van der Waals surface area (Å²) >= 11 is 1.39. The van der Waals surface area contributed by atoms with Crippen LogP contribution in [-0.4, -0.2) is 42.2 Å². The van der Waals surface area contributed by atoms with Crippen molar-refractivity contribution in [3.05, 3.63) is 59.7 Å². The van der Waals surface area contributed by atoms with Gasteiger partial charge in [0, 0.05) is 5.56 Å². The predicted octanol–water partition coefficient (Wildman–Crippen LogP) is 3.17. The number of carbonyl (C=O) groups is 1. The Morgan fingerprint density at radius 1 is 1.12 bits per heavy atom. The number of rotatable bonds is 6. The summed E-state index contributed by atoms with van der Waals surface area (Å²) in [6.07, 6.45) is 1.63. The van der Waals surface area contributed by atoms with Crippen LogP contribution in [0.3, 0.4) is 0 Å². The van der Waals surface area contributed by atoms with E-state index in [4.69, 9.17) is 9.47 Å². The second-order valence-corrected chi connectivity index (χ2v) is 6.43. The maximum absolute atomic E-state index is 12.2. The number of para-hydroxylation sites is 1. The molecule has 3 rings (SSSR count). The van der Waals surface area contributed by atoms with Gasteiger partial charge >= 0.3 is 0 Å². The molecule has 1 heterocycles. The highest BCUT2D eigenvalue weighted by Gasteiger charge is 2.28. The maximum Gasteiger partial charge on any atom is 0.239 e. The molecule has 0 spiro atoms. The Kier molecular flexibility index (Phi) is 5.91. The van der Waals surface area contributed by atoms with Crippen LogP contribution in [0, 0.1) is 0 Å². The summed E-state index contributed by atoms with van der Waals surface area (Å²) in [7, 11) is 3.24. The molecule has 2 aromatic carbocycles. The highest BCUT2D eigenvalue weighted by Crippen LogP contribution is 2.23. The molecule has 1 aliphatic rings. The van der Waals surface area contributed by atoms with Crippen molar-refractivity contribution in [2.24, 2.45) is 10.2 Å². The predicted molar refractivity (Wildman–Crippen MR) is 104 cm³/mol. The zero-order chi connectivity index (χ0) is 18.4. The fraction of sp³-hybridized carbons (Fsp3) is 0.211. The highest BCUT2D eigenvalue weighted by atomic mass is 32.2. The third-order valence-corrected chi connectivity index (χ3v) is 4.79. The molecule has 134 valence electrons. The topological polar surface area (TPSA) is 63.5 Å². The van der Waals surface area contributed by atoms with E-state index >= 15 is 0 Å². The van der Waals surface area contributed by atoms with Crippen LogP contribution >= 0.6 is 11.8 Å². The number of amidine groups is 1. The molecule has 0 saturated carbocycles. The Hall–Kier alpha value is -2.80. The molecule has 1 aliphatic heterocycles. The average molecular weight is 369 g/mol. The molecule has 2 aromatic rings. The molecular formula is C19H19N3O3S. The van der Waals surface area contributed by atoms with Gasteiger partial charge in [0.2, 0.25) is 5.91 Å². The standard InChI is InChI=1S/C19H19N3O3S/c1-24-16-9-7-14(8-10-16)12-22-18(23)13-26-19(22)21-20-11-15-5-3-4-6-17(15)25-2/h3-11H,12-13H2,1-2H3/b20-11-,21-19-. The molecule has 1 saturated heterocycles. The summed E-state index contributed by atoms with van der Waals surface area (Å²) in [5.74, 6) is 1.91. The summed E-state index contributed by atoms with van der Waals surface area (Å²) in [6.45, 7) is 0.457. The third kappa shape index (κ3) is 4.23.